The Kier molecular flexibility index (Phi) is 7.00. The van der Waals surface area contributed by atoms with Crippen molar-refractivity contribution in [1.29, 1.82) is 0 Å². The molecular formula is C19H19Cl4N3. The van der Waals surface area contributed by atoms with E-state index in [4.69, 9.17) is 23.2 Å². The Morgan fingerprint density at radius 2 is 1.81 bits per heavy atom. The summed E-state index contributed by atoms with van der Waals surface area (Å²) >= 11 is 12.8. The average Bonchev–Trinajstić information content (AvgIpc) is 2.72. The Labute approximate surface area is 175 Å². The molecule has 2 heterocycles. The first-order chi connectivity index (χ1) is 11.6. The van der Waals surface area contributed by atoms with Gasteiger partial charge in [-0.3, -0.25) is 4.99 Å². The summed E-state index contributed by atoms with van der Waals surface area (Å²) in [7, 11) is 0. The number of fused-ring (bicyclic) bond motifs is 2. The number of hydrogen-bond acceptors (Lipinski definition) is 3. The summed E-state index contributed by atoms with van der Waals surface area (Å²) in [6.07, 6.45) is 0. The monoisotopic (exact) mass is 429 g/mol. The van der Waals surface area contributed by atoms with Crippen LogP contribution in [0, 0.1) is 0 Å². The van der Waals surface area contributed by atoms with Gasteiger partial charge in [-0.2, -0.15) is 0 Å². The Morgan fingerprint density at radius 3 is 2.58 bits per heavy atom. The summed E-state index contributed by atoms with van der Waals surface area (Å²) < 4.78 is 0. The topological polar surface area (TPSA) is 36.4 Å². The minimum absolute atomic E-state index is 0. The standard InChI is InChI=1S/C19H17Cl2N3.2ClH/c1-11-22-9-12-10-23-19(15-4-2-3-5-17(15)21)16-8-13(20)6-7-14(16)18(12)24-11;;/h2-8,19,23H,9-10H2,1H3,(H,22,24);2*1H. The summed E-state index contributed by atoms with van der Waals surface area (Å²) in [5, 5.41) is 8.53. The number of aliphatic imine (C=N–C) groups is 1. The van der Waals surface area contributed by atoms with E-state index in [0.29, 0.717) is 6.54 Å². The first-order valence-electron chi connectivity index (χ1n) is 7.91. The number of rotatable bonds is 1. The molecule has 3 nitrogen and oxygen atoms in total. The van der Waals surface area contributed by atoms with Crippen LogP contribution in [0.1, 0.15) is 29.7 Å². The highest BCUT2D eigenvalue weighted by Gasteiger charge is 2.27. The van der Waals surface area contributed by atoms with Crippen LogP contribution < -0.4 is 10.6 Å². The van der Waals surface area contributed by atoms with Crippen LogP contribution in [0.4, 0.5) is 0 Å². The second-order valence-corrected chi connectivity index (χ2v) is 6.92. The van der Waals surface area contributed by atoms with E-state index < -0.39 is 0 Å². The van der Waals surface area contributed by atoms with Gasteiger partial charge in [0.25, 0.3) is 0 Å². The molecule has 0 saturated carbocycles. The van der Waals surface area contributed by atoms with Gasteiger partial charge in [0, 0.05) is 27.9 Å². The molecule has 0 aromatic heterocycles. The highest BCUT2D eigenvalue weighted by atomic mass is 35.5. The van der Waals surface area contributed by atoms with Crippen molar-refractivity contribution in [3.63, 3.8) is 0 Å². The SMILES string of the molecule is CC1=NCC2=C(N1)c1ccc(Cl)cc1C(c1ccccc1Cl)NC2.Cl.Cl. The van der Waals surface area contributed by atoms with E-state index >= 15 is 0 Å². The molecule has 1 unspecified atom stereocenters. The van der Waals surface area contributed by atoms with E-state index in [9.17, 15) is 0 Å². The fourth-order valence-corrected chi connectivity index (χ4v) is 3.75. The molecule has 4 rings (SSSR count). The van der Waals surface area contributed by atoms with Gasteiger partial charge in [-0.1, -0.05) is 47.5 Å². The van der Waals surface area contributed by atoms with Crippen molar-refractivity contribution in [3.05, 3.63) is 74.8 Å². The van der Waals surface area contributed by atoms with Crippen molar-refractivity contribution in [2.75, 3.05) is 13.1 Å². The van der Waals surface area contributed by atoms with Gasteiger partial charge in [-0.25, -0.2) is 0 Å². The average molecular weight is 431 g/mol. The van der Waals surface area contributed by atoms with E-state index in [1.165, 1.54) is 5.57 Å². The van der Waals surface area contributed by atoms with Crippen LogP contribution in [0.5, 0.6) is 0 Å². The molecular weight excluding hydrogens is 412 g/mol. The van der Waals surface area contributed by atoms with Crippen LogP contribution in [0.25, 0.3) is 5.70 Å². The Hall–Kier alpha value is -1.23. The number of nitrogens with one attached hydrogen (secondary N) is 2. The van der Waals surface area contributed by atoms with Crippen molar-refractivity contribution in [3.8, 4) is 0 Å². The van der Waals surface area contributed by atoms with Gasteiger partial charge < -0.3 is 10.6 Å². The maximum atomic E-state index is 6.47. The van der Waals surface area contributed by atoms with E-state index in [1.807, 2.05) is 37.3 Å². The molecule has 2 aromatic carbocycles. The highest BCUT2D eigenvalue weighted by molar-refractivity contribution is 6.31. The number of hydrogen-bond donors (Lipinski definition) is 2. The quantitative estimate of drug-likeness (QED) is 0.646. The van der Waals surface area contributed by atoms with Gasteiger partial charge in [0.2, 0.25) is 0 Å². The molecule has 0 aliphatic carbocycles. The summed E-state index contributed by atoms with van der Waals surface area (Å²) in [6.45, 7) is 3.45. The molecule has 1 atom stereocenters. The van der Waals surface area contributed by atoms with Crippen molar-refractivity contribution in [2.45, 2.75) is 13.0 Å². The van der Waals surface area contributed by atoms with Crippen molar-refractivity contribution < 1.29 is 0 Å². The normalized spacial score (nSPS) is 18.3. The van der Waals surface area contributed by atoms with Gasteiger partial charge in [-0.15, -0.1) is 24.8 Å². The minimum atomic E-state index is -0.0138. The van der Waals surface area contributed by atoms with Crippen LogP contribution in [-0.4, -0.2) is 18.9 Å². The van der Waals surface area contributed by atoms with Crippen LogP contribution in [0.2, 0.25) is 10.0 Å². The van der Waals surface area contributed by atoms with E-state index in [2.05, 4.69) is 27.8 Å². The zero-order valence-electron chi connectivity index (χ0n) is 14.1. The lowest BCUT2D eigenvalue weighted by Gasteiger charge is -2.22. The summed E-state index contributed by atoms with van der Waals surface area (Å²) in [5.41, 5.74) is 5.72. The summed E-state index contributed by atoms with van der Waals surface area (Å²) in [5.74, 6) is 0.936. The van der Waals surface area contributed by atoms with E-state index in [1.54, 1.807) is 0 Å². The fraction of sp³-hybridized carbons (Fsp3) is 0.211. The Bertz CT molecular complexity index is 877. The third-order valence-electron chi connectivity index (χ3n) is 4.50. The van der Waals surface area contributed by atoms with Crippen LogP contribution >= 0.6 is 48.0 Å². The lowest BCUT2D eigenvalue weighted by atomic mass is 9.93. The first-order valence-corrected chi connectivity index (χ1v) is 8.67. The second kappa shape index (κ2) is 8.64. The molecule has 138 valence electrons. The predicted molar refractivity (Wildman–Crippen MR) is 115 cm³/mol. The minimum Gasteiger partial charge on any atom is -0.344 e. The first kappa shape index (κ1) is 21.1. The number of amidine groups is 1. The number of nitrogens with zero attached hydrogens (tertiary/aromatic N) is 1. The van der Waals surface area contributed by atoms with Gasteiger partial charge in [0.15, 0.2) is 0 Å². The van der Waals surface area contributed by atoms with E-state index in [0.717, 1.165) is 44.8 Å². The molecule has 0 amide bonds. The van der Waals surface area contributed by atoms with Crippen molar-refractivity contribution >= 4 is 59.5 Å². The second-order valence-electron chi connectivity index (χ2n) is 6.07. The van der Waals surface area contributed by atoms with Gasteiger partial charge in [0.05, 0.1) is 18.4 Å². The lowest BCUT2D eigenvalue weighted by Crippen LogP contribution is -2.28. The molecule has 2 N–H and O–H groups in total. The van der Waals surface area contributed by atoms with Crippen LogP contribution in [0.3, 0.4) is 0 Å². The van der Waals surface area contributed by atoms with Gasteiger partial charge in [0.1, 0.15) is 0 Å². The largest absolute Gasteiger partial charge is 0.344 e. The molecule has 0 bridgehead atoms. The fourth-order valence-electron chi connectivity index (χ4n) is 3.33. The third-order valence-corrected chi connectivity index (χ3v) is 5.08. The molecule has 0 radical (unpaired) electrons. The van der Waals surface area contributed by atoms with E-state index in [-0.39, 0.29) is 30.9 Å². The van der Waals surface area contributed by atoms with Crippen LogP contribution in [0.15, 0.2) is 53.0 Å². The van der Waals surface area contributed by atoms with Gasteiger partial charge in [-0.05, 0) is 41.8 Å². The molecule has 2 aliphatic rings. The number of benzene rings is 2. The zero-order valence-corrected chi connectivity index (χ0v) is 17.2. The van der Waals surface area contributed by atoms with Crippen LogP contribution in [-0.2, 0) is 0 Å². The molecule has 0 saturated heterocycles. The van der Waals surface area contributed by atoms with Crippen molar-refractivity contribution in [1.82, 2.24) is 10.6 Å². The maximum absolute atomic E-state index is 6.47. The summed E-state index contributed by atoms with van der Waals surface area (Å²) in [4.78, 5) is 4.52. The predicted octanol–water partition coefficient (Wildman–Crippen LogP) is 5.26. The van der Waals surface area contributed by atoms with Crippen molar-refractivity contribution in [2.24, 2.45) is 4.99 Å². The van der Waals surface area contributed by atoms with Gasteiger partial charge >= 0.3 is 0 Å². The Balaban J connectivity index is 0.00000121. The highest BCUT2D eigenvalue weighted by Crippen LogP contribution is 2.37. The third kappa shape index (κ3) is 3.88. The molecule has 0 spiro atoms. The maximum Gasteiger partial charge on any atom is 0.0979 e. The zero-order chi connectivity index (χ0) is 16.7. The molecule has 2 aromatic rings. The molecule has 0 fully saturated rings. The lowest BCUT2D eigenvalue weighted by molar-refractivity contribution is 0.642. The summed E-state index contributed by atoms with van der Waals surface area (Å²) in [6, 6.07) is 14.0. The number of halogens is 4. The Morgan fingerprint density at radius 1 is 1.04 bits per heavy atom. The smallest absolute Gasteiger partial charge is 0.0979 e. The molecule has 26 heavy (non-hydrogen) atoms. The molecule has 7 heteroatoms. The molecule has 2 aliphatic heterocycles.